The average molecular weight is 591 g/mol. The van der Waals surface area contributed by atoms with Crippen molar-refractivity contribution in [2.45, 2.75) is 17.5 Å². The van der Waals surface area contributed by atoms with Crippen LogP contribution in [0.25, 0.3) is 6.08 Å². The summed E-state index contributed by atoms with van der Waals surface area (Å²) < 4.78 is 0. The monoisotopic (exact) mass is 590 g/mol. The van der Waals surface area contributed by atoms with Gasteiger partial charge in [0.05, 0.1) is 0 Å². The van der Waals surface area contributed by atoms with Crippen LogP contribution in [0.5, 0.6) is 0 Å². The Bertz CT molecular complexity index is 1330. The Labute approximate surface area is 234 Å². The highest BCUT2D eigenvalue weighted by atomic mass is 32.2. The number of aliphatic carboxylic acids is 1. The average Bonchev–Trinajstić information content (AvgIpc) is 3.32. The molecule has 0 aliphatic carbocycles. The number of rotatable bonds is 10. The molecule has 3 aliphatic rings. The molecule has 2 fully saturated rings. The van der Waals surface area contributed by atoms with Crippen LogP contribution in [0.15, 0.2) is 51.7 Å². The summed E-state index contributed by atoms with van der Waals surface area (Å²) in [6, 6.07) is 2.85. The highest BCUT2D eigenvalue weighted by Crippen LogP contribution is 2.41. The number of hydrogen-bond donors (Lipinski definition) is 3. The number of carbonyl (C=O) groups excluding carboxylic acids is 2. The number of carboxylic acid groups (broad SMARTS) is 1. The van der Waals surface area contributed by atoms with Crippen molar-refractivity contribution in [3.8, 4) is 0 Å². The number of fused-ring (bicyclic) bond motifs is 1. The molecule has 0 saturated carbocycles. The molecule has 4 N–H and O–H groups in total. The summed E-state index contributed by atoms with van der Waals surface area (Å²) in [5.74, 6) is 0.0817. The lowest BCUT2D eigenvalue weighted by molar-refractivity contribution is -0.150. The van der Waals surface area contributed by atoms with Gasteiger partial charge in [0.25, 0.3) is 11.8 Å². The number of β-lactam (4-membered cyclic amide) rings is 1. The van der Waals surface area contributed by atoms with Gasteiger partial charge in [0.15, 0.2) is 10.8 Å². The van der Waals surface area contributed by atoms with E-state index in [0.717, 1.165) is 28.4 Å². The van der Waals surface area contributed by atoms with Gasteiger partial charge in [-0.1, -0.05) is 11.2 Å². The molecule has 0 radical (unpaired) electrons. The van der Waals surface area contributed by atoms with Gasteiger partial charge in [-0.25, -0.2) is 9.78 Å². The maximum absolute atomic E-state index is 13.1. The third-order valence-electron chi connectivity index (χ3n) is 5.72. The third kappa shape index (κ3) is 5.70. The Kier molecular flexibility index (Phi) is 8.26. The topological polar surface area (TPSA) is 160 Å². The van der Waals surface area contributed by atoms with Gasteiger partial charge in [-0.3, -0.25) is 19.5 Å². The predicted molar refractivity (Wildman–Crippen MR) is 151 cm³/mol. The summed E-state index contributed by atoms with van der Waals surface area (Å²) in [5.41, 5.74) is 7.45. The Morgan fingerprint density at radius 3 is 2.89 bits per heavy atom. The van der Waals surface area contributed by atoms with Crippen molar-refractivity contribution in [2.24, 2.45) is 5.16 Å². The standard InChI is InChI=1S/C23H22N6O5S4/c24-23-26-15(11-38-23)16(28-34-14-9-36-10-14)19(30)27-17-20(31)29-18(22(32)33)13(8-37-21(17)29)7-35-5-3-12-2-1-4-25-6-12/h1-6,11,14,17,21H,7-10H2,(H2,24,26)(H,27,30)(H,32,33)/b5-3-,28-16?/t17?,21-/m1/s1. The first-order valence-corrected chi connectivity index (χ1v) is 15.5. The number of nitrogens with zero attached hydrogens (tertiary/aromatic N) is 4. The number of aromatic nitrogens is 2. The van der Waals surface area contributed by atoms with Gasteiger partial charge in [0.1, 0.15) is 28.9 Å². The Morgan fingerprint density at radius 2 is 2.24 bits per heavy atom. The number of nitrogens with one attached hydrogen (secondary N) is 1. The number of carboxylic acids is 1. The molecule has 2 aromatic rings. The van der Waals surface area contributed by atoms with Crippen molar-refractivity contribution in [2.75, 3.05) is 28.7 Å². The number of thioether (sulfide) groups is 3. The number of amides is 2. The highest BCUT2D eigenvalue weighted by molar-refractivity contribution is 8.02. The van der Waals surface area contributed by atoms with Crippen LogP contribution in [0.1, 0.15) is 11.3 Å². The van der Waals surface area contributed by atoms with Gasteiger partial charge >= 0.3 is 5.97 Å². The molecule has 5 rings (SSSR count). The molecule has 198 valence electrons. The molecule has 0 spiro atoms. The smallest absolute Gasteiger partial charge is 0.352 e. The van der Waals surface area contributed by atoms with Crippen molar-refractivity contribution in [3.05, 3.63) is 57.8 Å². The van der Waals surface area contributed by atoms with Gasteiger partial charge in [-0.05, 0) is 28.7 Å². The zero-order valence-electron chi connectivity index (χ0n) is 19.7. The number of pyridine rings is 1. The molecule has 5 heterocycles. The van der Waals surface area contributed by atoms with Crippen LogP contribution in [-0.4, -0.2) is 84.0 Å². The first-order valence-electron chi connectivity index (χ1n) is 11.3. The van der Waals surface area contributed by atoms with E-state index in [9.17, 15) is 19.5 Å². The summed E-state index contributed by atoms with van der Waals surface area (Å²) in [7, 11) is 0. The number of thiazole rings is 1. The van der Waals surface area contributed by atoms with Gasteiger partial charge < -0.3 is 21.0 Å². The maximum atomic E-state index is 13.1. The molecule has 0 aromatic carbocycles. The zero-order chi connectivity index (χ0) is 26.6. The van der Waals surface area contributed by atoms with E-state index in [1.165, 1.54) is 28.4 Å². The number of oxime groups is 1. The minimum atomic E-state index is -1.17. The van der Waals surface area contributed by atoms with Gasteiger partial charge in [-0.15, -0.1) is 34.9 Å². The van der Waals surface area contributed by atoms with Crippen LogP contribution in [0, 0.1) is 0 Å². The summed E-state index contributed by atoms with van der Waals surface area (Å²) in [6.45, 7) is 0. The Balaban J connectivity index is 1.26. The van der Waals surface area contributed by atoms with E-state index >= 15 is 0 Å². The summed E-state index contributed by atoms with van der Waals surface area (Å²) in [5, 5.41) is 19.8. The van der Waals surface area contributed by atoms with Crippen molar-refractivity contribution in [3.63, 3.8) is 0 Å². The van der Waals surface area contributed by atoms with Crippen LogP contribution in [-0.2, 0) is 19.2 Å². The fourth-order valence-corrected chi connectivity index (χ4v) is 7.12. The van der Waals surface area contributed by atoms with Crippen LogP contribution < -0.4 is 11.1 Å². The summed E-state index contributed by atoms with van der Waals surface area (Å²) >= 11 is 5.71. The van der Waals surface area contributed by atoms with Crippen LogP contribution in [0.3, 0.4) is 0 Å². The predicted octanol–water partition coefficient (Wildman–Crippen LogP) is 2.10. The zero-order valence-corrected chi connectivity index (χ0v) is 22.9. The fraction of sp³-hybridized carbons (Fsp3) is 0.304. The molecule has 2 aromatic heterocycles. The molecule has 38 heavy (non-hydrogen) atoms. The normalized spacial score (nSPS) is 21.6. The second-order valence-corrected chi connectivity index (χ2v) is 12.3. The first kappa shape index (κ1) is 26.6. The maximum Gasteiger partial charge on any atom is 0.352 e. The first-order chi connectivity index (χ1) is 18.4. The van der Waals surface area contributed by atoms with Crippen LogP contribution in [0.4, 0.5) is 5.13 Å². The Morgan fingerprint density at radius 1 is 1.39 bits per heavy atom. The number of anilines is 1. The van der Waals surface area contributed by atoms with Crippen molar-refractivity contribution >= 4 is 81.3 Å². The number of hydrogen-bond acceptors (Lipinski definition) is 12. The van der Waals surface area contributed by atoms with E-state index in [0.29, 0.717) is 17.1 Å². The molecule has 0 bridgehead atoms. The SMILES string of the molecule is Nc1nc(C(=NOC2CSC2)C(=O)NC2C(=O)N3C(C(=O)O)=C(CS/C=C\c4cccnc4)CS[C@H]23)cs1. The number of nitrogen functional groups attached to an aromatic ring is 1. The summed E-state index contributed by atoms with van der Waals surface area (Å²) in [4.78, 5) is 53.2. The quantitative estimate of drug-likeness (QED) is 0.211. The van der Waals surface area contributed by atoms with Crippen molar-refractivity contribution in [1.29, 1.82) is 0 Å². The molecule has 2 amide bonds. The molecule has 2 atom stereocenters. The molecule has 1 unspecified atom stereocenters. The van der Waals surface area contributed by atoms with E-state index in [-0.39, 0.29) is 28.3 Å². The molecule has 2 saturated heterocycles. The lowest BCUT2D eigenvalue weighted by atomic mass is 10.0. The minimum Gasteiger partial charge on any atom is -0.477 e. The largest absolute Gasteiger partial charge is 0.477 e. The molecule has 11 nitrogen and oxygen atoms in total. The summed E-state index contributed by atoms with van der Waals surface area (Å²) in [6.07, 6.45) is 5.22. The van der Waals surface area contributed by atoms with E-state index < -0.39 is 29.2 Å². The fourth-order valence-electron chi connectivity index (χ4n) is 3.76. The van der Waals surface area contributed by atoms with E-state index in [1.807, 2.05) is 23.6 Å². The van der Waals surface area contributed by atoms with E-state index in [1.54, 1.807) is 29.5 Å². The highest BCUT2D eigenvalue weighted by Gasteiger charge is 2.54. The van der Waals surface area contributed by atoms with E-state index in [4.69, 9.17) is 10.6 Å². The Hall–Kier alpha value is -3.01. The lowest BCUT2D eigenvalue weighted by Crippen LogP contribution is -2.71. The van der Waals surface area contributed by atoms with E-state index in [2.05, 4.69) is 20.4 Å². The van der Waals surface area contributed by atoms with Gasteiger partial charge in [0, 0.05) is 40.8 Å². The molecular weight excluding hydrogens is 569 g/mol. The number of nitrogens with two attached hydrogens (primary N) is 1. The lowest BCUT2D eigenvalue weighted by Gasteiger charge is -2.49. The second-order valence-electron chi connectivity index (χ2n) is 8.29. The molecule has 15 heteroatoms. The van der Waals surface area contributed by atoms with Crippen molar-refractivity contribution in [1.82, 2.24) is 20.2 Å². The third-order valence-corrected chi connectivity index (χ3v) is 9.79. The van der Waals surface area contributed by atoms with Crippen molar-refractivity contribution < 1.29 is 24.3 Å². The molecular formula is C23H22N6O5S4. The van der Waals surface area contributed by atoms with Crippen LogP contribution in [0.2, 0.25) is 0 Å². The minimum absolute atomic E-state index is 0.0292. The number of carbonyl (C=O) groups is 3. The van der Waals surface area contributed by atoms with Gasteiger partial charge in [0.2, 0.25) is 0 Å². The van der Waals surface area contributed by atoms with Gasteiger partial charge in [-0.2, -0.15) is 11.8 Å². The molecule has 3 aliphatic heterocycles. The van der Waals surface area contributed by atoms with Crippen LogP contribution >= 0.6 is 46.6 Å². The second kappa shape index (κ2) is 11.8.